The van der Waals surface area contributed by atoms with Crippen molar-refractivity contribution in [3.8, 4) is 11.8 Å². The number of aryl methyl sites for hydroxylation is 1. The molecular weight excluding hydrogens is 390 g/mol. The Kier molecular flexibility index (Phi) is 6.20. The highest BCUT2D eigenvalue weighted by Crippen LogP contribution is 2.35. The average Bonchev–Trinajstić information content (AvgIpc) is 2.84. The number of hydrogen-bond acceptors (Lipinski definition) is 7. The molecule has 1 saturated heterocycles. The minimum absolute atomic E-state index is 0.462. The van der Waals surface area contributed by atoms with Crippen LogP contribution in [0.5, 0.6) is 11.8 Å². The standard InChI is InChI=1S/C24H31N5O2/c1(2-16-31-24-26-18-20-7-4-10-25-23(20)27-24)11-28-12-14-29(15-13-28)21-9-3-6-19-8-5-17-30-22(19)21/h3-4,6-7,9,18H,1-2,5,8,10-17H2,(H,25,26,27). The molecule has 4 heterocycles. The third-order valence-corrected chi connectivity index (χ3v) is 6.21. The maximum Gasteiger partial charge on any atom is 0.318 e. The smallest absolute Gasteiger partial charge is 0.318 e. The molecule has 3 aliphatic rings. The number of para-hydroxylation sites is 1. The van der Waals surface area contributed by atoms with E-state index in [1.807, 2.05) is 12.3 Å². The van der Waals surface area contributed by atoms with Gasteiger partial charge in [-0.1, -0.05) is 24.3 Å². The maximum atomic E-state index is 6.01. The van der Waals surface area contributed by atoms with E-state index in [0.717, 1.165) is 88.7 Å². The van der Waals surface area contributed by atoms with Crippen molar-refractivity contribution in [2.45, 2.75) is 25.7 Å². The van der Waals surface area contributed by atoms with Crippen LogP contribution in [0.3, 0.4) is 0 Å². The Morgan fingerprint density at radius 3 is 3.00 bits per heavy atom. The van der Waals surface area contributed by atoms with Gasteiger partial charge in [-0.15, -0.1) is 0 Å². The molecule has 0 atom stereocenters. The fraction of sp³-hybridized carbons (Fsp3) is 0.500. The van der Waals surface area contributed by atoms with Crippen LogP contribution < -0.4 is 19.7 Å². The van der Waals surface area contributed by atoms with E-state index in [2.05, 4.69) is 49.4 Å². The van der Waals surface area contributed by atoms with E-state index in [1.54, 1.807) is 0 Å². The topological polar surface area (TPSA) is 62.8 Å². The molecule has 0 bridgehead atoms. The van der Waals surface area contributed by atoms with Gasteiger partial charge in [-0.05, 0) is 43.9 Å². The molecule has 0 aliphatic carbocycles. The Labute approximate surface area is 184 Å². The van der Waals surface area contributed by atoms with Crippen LogP contribution in [0.2, 0.25) is 0 Å². The van der Waals surface area contributed by atoms with Crippen LogP contribution in [-0.2, 0) is 6.42 Å². The second-order valence-corrected chi connectivity index (χ2v) is 8.34. The molecule has 7 heteroatoms. The number of ether oxygens (including phenoxy) is 2. The summed E-state index contributed by atoms with van der Waals surface area (Å²) in [5.41, 5.74) is 3.65. The molecule has 1 N–H and O–H groups in total. The number of anilines is 2. The van der Waals surface area contributed by atoms with Crippen LogP contribution in [0.4, 0.5) is 11.5 Å². The van der Waals surface area contributed by atoms with Crippen LogP contribution in [0.1, 0.15) is 30.4 Å². The third kappa shape index (κ3) is 4.77. The molecule has 2 aromatic rings. The monoisotopic (exact) mass is 421 g/mol. The fourth-order valence-electron chi connectivity index (χ4n) is 4.48. The van der Waals surface area contributed by atoms with E-state index in [-0.39, 0.29) is 0 Å². The lowest BCUT2D eigenvalue weighted by Gasteiger charge is -2.37. The highest BCUT2D eigenvalue weighted by Gasteiger charge is 2.22. The van der Waals surface area contributed by atoms with Crippen molar-refractivity contribution in [3.05, 3.63) is 41.6 Å². The molecule has 0 unspecified atom stereocenters. The summed E-state index contributed by atoms with van der Waals surface area (Å²) in [5, 5.41) is 3.24. The molecule has 1 aromatic carbocycles. The van der Waals surface area contributed by atoms with Gasteiger partial charge in [-0.2, -0.15) is 4.98 Å². The number of nitrogens with one attached hydrogen (secondary N) is 1. The predicted molar refractivity (Wildman–Crippen MR) is 123 cm³/mol. The lowest BCUT2D eigenvalue weighted by molar-refractivity contribution is 0.232. The van der Waals surface area contributed by atoms with Gasteiger partial charge in [0.15, 0.2) is 0 Å². The number of benzene rings is 1. The Balaban J connectivity index is 1.03. The average molecular weight is 422 g/mol. The largest absolute Gasteiger partial charge is 0.491 e. The van der Waals surface area contributed by atoms with Crippen LogP contribution >= 0.6 is 0 Å². The Morgan fingerprint density at radius 2 is 2.06 bits per heavy atom. The molecule has 3 aliphatic heterocycles. The summed E-state index contributed by atoms with van der Waals surface area (Å²) in [6.07, 6.45) is 10.3. The number of fused-ring (bicyclic) bond motifs is 2. The first-order valence-corrected chi connectivity index (χ1v) is 11.5. The highest BCUT2D eigenvalue weighted by atomic mass is 16.5. The summed E-state index contributed by atoms with van der Waals surface area (Å²) in [6.45, 7) is 7.71. The number of rotatable bonds is 7. The Morgan fingerprint density at radius 1 is 1.13 bits per heavy atom. The minimum Gasteiger partial charge on any atom is -0.491 e. The van der Waals surface area contributed by atoms with Crippen molar-refractivity contribution in [2.75, 3.05) is 62.7 Å². The number of nitrogens with zero attached hydrogens (tertiary/aromatic N) is 4. The third-order valence-electron chi connectivity index (χ3n) is 6.21. The van der Waals surface area contributed by atoms with E-state index in [4.69, 9.17) is 9.47 Å². The fourth-order valence-corrected chi connectivity index (χ4v) is 4.48. The molecule has 0 spiro atoms. The minimum atomic E-state index is 0.462. The summed E-state index contributed by atoms with van der Waals surface area (Å²) in [7, 11) is 0. The molecule has 7 nitrogen and oxygen atoms in total. The van der Waals surface area contributed by atoms with Gasteiger partial charge in [-0.3, -0.25) is 4.90 Å². The first-order valence-electron chi connectivity index (χ1n) is 11.5. The van der Waals surface area contributed by atoms with Gasteiger partial charge < -0.3 is 19.7 Å². The molecule has 31 heavy (non-hydrogen) atoms. The van der Waals surface area contributed by atoms with E-state index in [9.17, 15) is 0 Å². The van der Waals surface area contributed by atoms with Crippen molar-refractivity contribution in [1.29, 1.82) is 0 Å². The summed E-state index contributed by atoms with van der Waals surface area (Å²) >= 11 is 0. The van der Waals surface area contributed by atoms with E-state index in [1.165, 1.54) is 11.3 Å². The van der Waals surface area contributed by atoms with E-state index >= 15 is 0 Å². The highest BCUT2D eigenvalue weighted by molar-refractivity contribution is 5.66. The van der Waals surface area contributed by atoms with Crippen molar-refractivity contribution in [3.63, 3.8) is 0 Å². The summed E-state index contributed by atoms with van der Waals surface area (Å²) in [6, 6.07) is 7.06. The second-order valence-electron chi connectivity index (χ2n) is 8.34. The number of unbranched alkanes of at least 4 members (excludes halogenated alkanes) is 1. The zero-order valence-electron chi connectivity index (χ0n) is 18.1. The normalized spacial score (nSPS) is 18.0. The Hall–Kier alpha value is -2.80. The zero-order chi connectivity index (χ0) is 20.9. The molecule has 0 amide bonds. The SMILES string of the molecule is C1=Cc2cnc(OCCCCN3CCN(c4cccc5c4OCCC5)CC3)nc2NC1. The molecule has 0 saturated carbocycles. The molecule has 1 fully saturated rings. The summed E-state index contributed by atoms with van der Waals surface area (Å²) < 4.78 is 11.8. The van der Waals surface area contributed by atoms with Crippen LogP contribution in [0.25, 0.3) is 6.08 Å². The van der Waals surface area contributed by atoms with Crippen molar-refractivity contribution in [2.24, 2.45) is 0 Å². The second kappa shape index (κ2) is 9.56. The van der Waals surface area contributed by atoms with E-state index < -0.39 is 0 Å². The van der Waals surface area contributed by atoms with Gasteiger partial charge in [0.25, 0.3) is 0 Å². The number of aromatic nitrogens is 2. The Bertz CT molecular complexity index is 924. The van der Waals surface area contributed by atoms with Crippen LogP contribution in [0, 0.1) is 0 Å². The lowest BCUT2D eigenvalue weighted by atomic mass is 10.0. The number of piperazine rings is 1. The molecule has 164 valence electrons. The summed E-state index contributed by atoms with van der Waals surface area (Å²) in [4.78, 5) is 13.8. The van der Waals surface area contributed by atoms with Crippen molar-refractivity contribution in [1.82, 2.24) is 14.9 Å². The van der Waals surface area contributed by atoms with Gasteiger partial charge >= 0.3 is 6.01 Å². The summed E-state index contributed by atoms with van der Waals surface area (Å²) in [5.74, 6) is 1.98. The molecule has 0 radical (unpaired) electrons. The van der Waals surface area contributed by atoms with Gasteiger partial charge in [-0.25, -0.2) is 4.98 Å². The van der Waals surface area contributed by atoms with Gasteiger partial charge in [0.1, 0.15) is 11.6 Å². The van der Waals surface area contributed by atoms with Gasteiger partial charge in [0.05, 0.1) is 18.9 Å². The lowest BCUT2D eigenvalue weighted by Crippen LogP contribution is -2.46. The molecule has 5 rings (SSSR count). The number of hydrogen-bond donors (Lipinski definition) is 1. The van der Waals surface area contributed by atoms with Crippen molar-refractivity contribution < 1.29 is 9.47 Å². The van der Waals surface area contributed by atoms with E-state index in [0.29, 0.717) is 12.6 Å². The first kappa shape index (κ1) is 20.1. The molecule has 1 aromatic heterocycles. The zero-order valence-corrected chi connectivity index (χ0v) is 18.1. The quantitative estimate of drug-likeness (QED) is 0.689. The predicted octanol–water partition coefficient (Wildman–Crippen LogP) is 3.22. The van der Waals surface area contributed by atoms with Crippen LogP contribution in [-0.4, -0.2) is 67.4 Å². The first-order chi connectivity index (χ1) is 15.4. The van der Waals surface area contributed by atoms with Crippen molar-refractivity contribution >= 4 is 17.6 Å². The van der Waals surface area contributed by atoms with Crippen LogP contribution in [0.15, 0.2) is 30.5 Å². The van der Waals surface area contributed by atoms with Gasteiger partial charge in [0.2, 0.25) is 0 Å². The van der Waals surface area contributed by atoms with Gasteiger partial charge in [0, 0.05) is 44.5 Å². The molecular formula is C24H31N5O2. The maximum absolute atomic E-state index is 6.01.